The first-order chi connectivity index (χ1) is 9.53. The summed E-state index contributed by atoms with van der Waals surface area (Å²) < 4.78 is 5.36. The van der Waals surface area contributed by atoms with Crippen molar-refractivity contribution in [3.8, 4) is 0 Å². The SMILES string of the molecule is CCCCNC(C)(C)COC(=O)CCc1ccccc1. The summed E-state index contributed by atoms with van der Waals surface area (Å²) >= 11 is 0. The minimum Gasteiger partial charge on any atom is -0.464 e. The number of hydrogen-bond acceptors (Lipinski definition) is 3. The highest BCUT2D eigenvalue weighted by Gasteiger charge is 2.18. The fraction of sp³-hybridized carbons (Fsp3) is 0.588. The molecule has 1 rings (SSSR count). The molecule has 1 aromatic carbocycles. The topological polar surface area (TPSA) is 38.3 Å². The molecule has 0 fully saturated rings. The lowest BCUT2D eigenvalue weighted by atomic mass is 10.1. The second-order valence-electron chi connectivity index (χ2n) is 5.81. The molecule has 0 saturated heterocycles. The van der Waals surface area contributed by atoms with Crippen LogP contribution in [-0.2, 0) is 16.0 Å². The molecule has 0 saturated carbocycles. The molecule has 112 valence electrons. The van der Waals surface area contributed by atoms with E-state index >= 15 is 0 Å². The Balaban J connectivity index is 2.22. The van der Waals surface area contributed by atoms with E-state index in [4.69, 9.17) is 4.74 Å². The van der Waals surface area contributed by atoms with Gasteiger partial charge in [0.05, 0.1) is 0 Å². The van der Waals surface area contributed by atoms with Gasteiger partial charge in [0.1, 0.15) is 6.61 Å². The van der Waals surface area contributed by atoms with Crippen molar-refractivity contribution in [2.24, 2.45) is 0 Å². The normalized spacial score (nSPS) is 11.3. The number of ether oxygens (including phenoxy) is 1. The quantitative estimate of drug-likeness (QED) is 0.556. The number of hydrogen-bond donors (Lipinski definition) is 1. The van der Waals surface area contributed by atoms with Crippen LogP contribution in [0.2, 0.25) is 0 Å². The van der Waals surface area contributed by atoms with Crippen LogP contribution in [0.5, 0.6) is 0 Å². The van der Waals surface area contributed by atoms with Crippen LogP contribution < -0.4 is 5.32 Å². The minimum atomic E-state index is -0.155. The molecule has 0 atom stereocenters. The molecule has 1 N–H and O–H groups in total. The average molecular weight is 277 g/mol. The third-order valence-electron chi connectivity index (χ3n) is 3.19. The van der Waals surface area contributed by atoms with E-state index in [1.165, 1.54) is 12.0 Å². The first kappa shape index (κ1) is 16.7. The maximum absolute atomic E-state index is 11.7. The van der Waals surface area contributed by atoms with Crippen molar-refractivity contribution in [3.63, 3.8) is 0 Å². The fourth-order valence-corrected chi connectivity index (χ4v) is 1.88. The van der Waals surface area contributed by atoms with Crippen LogP contribution in [0.1, 0.15) is 45.6 Å². The molecule has 0 bridgehead atoms. The summed E-state index contributed by atoms with van der Waals surface area (Å²) in [4.78, 5) is 11.7. The minimum absolute atomic E-state index is 0.126. The number of esters is 1. The van der Waals surface area contributed by atoms with Crippen molar-refractivity contribution in [3.05, 3.63) is 35.9 Å². The number of nitrogens with one attached hydrogen (secondary N) is 1. The smallest absolute Gasteiger partial charge is 0.306 e. The average Bonchev–Trinajstić information content (AvgIpc) is 2.44. The van der Waals surface area contributed by atoms with E-state index in [1.807, 2.05) is 30.3 Å². The van der Waals surface area contributed by atoms with E-state index in [0.29, 0.717) is 13.0 Å². The van der Waals surface area contributed by atoms with Crippen molar-refractivity contribution in [1.29, 1.82) is 0 Å². The Bertz CT molecular complexity index is 387. The number of carbonyl (C=O) groups is 1. The van der Waals surface area contributed by atoms with E-state index in [-0.39, 0.29) is 11.5 Å². The predicted octanol–water partition coefficient (Wildman–Crippen LogP) is 3.33. The Labute approximate surface area is 122 Å². The number of rotatable bonds is 9. The van der Waals surface area contributed by atoms with E-state index in [1.54, 1.807) is 0 Å². The summed E-state index contributed by atoms with van der Waals surface area (Å²) in [7, 11) is 0. The third-order valence-corrected chi connectivity index (χ3v) is 3.19. The van der Waals surface area contributed by atoms with Gasteiger partial charge < -0.3 is 10.1 Å². The van der Waals surface area contributed by atoms with Crippen molar-refractivity contribution < 1.29 is 9.53 Å². The number of benzene rings is 1. The van der Waals surface area contributed by atoms with Crippen molar-refractivity contribution in [2.45, 2.75) is 52.0 Å². The monoisotopic (exact) mass is 277 g/mol. The Morgan fingerprint density at radius 1 is 1.25 bits per heavy atom. The van der Waals surface area contributed by atoms with Gasteiger partial charge in [0.25, 0.3) is 0 Å². The zero-order valence-electron chi connectivity index (χ0n) is 12.9. The molecule has 0 heterocycles. The predicted molar refractivity (Wildman–Crippen MR) is 82.7 cm³/mol. The molecule has 0 aliphatic rings. The van der Waals surface area contributed by atoms with E-state index in [9.17, 15) is 4.79 Å². The molecule has 0 unspecified atom stereocenters. The Morgan fingerprint density at radius 3 is 2.60 bits per heavy atom. The van der Waals surface area contributed by atoms with Gasteiger partial charge in [-0.15, -0.1) is 0 Å². The molecule has 3 nitrogen and oxygen atoms in total. The summed E-state index contributed by atoms with van der Waals surface area (Å²) in [5.74, 6) is -0.126. The molecule has 0 aliphatic carbocycles. The molecule has 0 spiro atoms. The molecule has 0 amide bonds. The Kier molecular flexibility index (Phi) is 7.31. The van der Waals surface area contributed by atoms with Crippen molar-refractivity contribution >= 4 is 5.97 Å². The van der Waals surface area contributed by atoms with Crippen molar-refractivity contribution in [1.82, 2.24) is 5.32 Å². The number of unbranched alkanes of at least 4 members (excludes halogenated alkanes) is 1. The fourth-order valence-electron chi connectivity index (χ4n) is 1.88. The summed E-state index contributed by atoms with van der Waals surface area (Å²) in [5, 5.41) is 3.41. The first-order valence-corrected chi connectivity index (χ1v) is 7.48. The summed E-state index contributed by atoms with van der Waals surface area (Å²) in [6.07, 6.45) is 3.49. The maximum atomic E-state index is 11.7. The van der Waals surface area contributed by atoms with Gasteiger partial charge in [0, 0.05) is 12.0 Å². The van der Waals surface area contributed by atoms with E-state index in [2.05, 4.69) is 26.1 Å². The van der Waals surface area contributed by atoms with Gasteiger partial charge in [-0.1, -0.05) is 43.7 Å². The molecule has 3 heteroatoms. The second-order valence-corrected chi connectivity index (χ2v) is 5.81. The lowest BCUT2D eigenvalue weighted by Gasteiger charge is -2.25. The van der Waals surface area contributed by atoms with Gasteiger partial charge in [-0.05, 0) is 38.8 Å². The van der Waals surface area contributed by atoms with Gasteiger partial charge in [0.15, 0.2) is 0 Å². The second kappa shape index (κ2) is 8.75. The van der Waals surface area contributed by atoms with Crippen LogP contribution in [0.4, 0.5) is 0 Å². The van der Waals surface area contributed by atoms with Crippen LogP contribution in [0, 0.1) is 0 Å². The molecule has 1 aromatic rings. The Hall–Kier alpha value is -1.35. The Morgan fingerprint density at radius 2 is 1.95 bits per heavy atom. The number of carbonyl (C=O) groups excluding carboxylic acids is 1. The summed E-state index contributed by atoms with van der Waals surface area (Å²) in [6.45, 7) is 7.67. The summed E-state index contributed by atoms with van der Waals surface area (Å²) in [6, 6.07) is 10.0. The van der Waals surface area contributed by atoms with E-state index < -0.39 is 0 Å². The molecular weight excluding hydrogens is 250 g/mol. The molecule has 0 aromatic heterocycles. The summed E-state index contributed by atoms with van der Waals surface area (Å²) in [5.41, 5.74) is 1.02. The lowest BCUT2D eigenvalue weighted by Crippen LogP contribution is -2.44. The van der Waals surface area contributed by atoms with Crippen LogP contribution in [0.3, 0.4) is 0 Å². The van der Waals surface area contributed by atoms with Crippen LogP contribution >= 0.6 is 0 Å². The van der Waals surface area contributed by atoms with Crippen molar-refractivity contribution in [2.75, 3.05) is 13.2 Å². The zero-order valence-corrected chi connectivity index (χ0v) is 12.9. The van der Waals surface area contributed by atoms with Crippen LogP contribution in [0.15, 0.2) is 30.3 Å². The lowest BCUT2D eigenvalue weighted by molar-refractivity contribution is -0.145. The molecular formula is C17H27NO2. The molecule has 20 heavy (non-hydrogen) atoms. The van der Waals surface area contributed by atoms with Crippen LogP contribution in [0.25, 0.3) is 0 Å². The highest BCUT2D eigenvalue weighted by Crippen LogP contribution is 2.07. The van der Waals surface area contributed by atoms with Gasteiger partial charge in [0.2, 0.25) is 0 Å². The third kappa shape index (κ3) is 7.29. The standard InChI is InChI=1S/C17H27NO2/c1-4-5-13-18-17(2,3)14-20-16(19)12-11-15-9-7-6-8-10-15/h6-10,18H,4-5,11-14H2,1-3H3. The molecule has 0 radical (unpaired) electrons. The van der Waals surface area contributed by atoms with Gasteiger partial charge >= 0.3 is 5.97 Å². The van der Waals surface area contributed by atoms with Gasteiger partial charge in [-0.2, -0.15) is 0 Å². The van der Waals surface area contributed by atoms with Crippen LogP contribution in [-0.4, -0.2) is 24.7 Å². The zero-order chi connectivity index (χ0) is 14.8. The van der Waals surface area contributed by atoms with Gasteiger partial charge in [-0.3, -0.25) is 4.79 Å². The van der Waals surface area contributed by atoms with Gasteiger partial charge in [-0.25, -0.2) is 0 Å². The molecule has 0 aliphatic heterocycles. The highest BCUT2D eigenvalue weighted by atomic mass is 16.5. The number of aryl methyl sites for hydroxylation is 1. The largest absolute Gasteiger partial charge is 0.464 e. The maximum Gasteiger partial charge on any atom is 0.306 e. The van der Waals surface area contributed by atoms with E-state index in [0.717, 1.165) is 19.4 Å². The first-order valence-electron chi connectivity index (χ1n) is 7.48. The highest BCUT2D eigenvalue weighted by molar-refractivity contribution is 5.69.